The summed E-state index contributed by atoms with van der Waals surface area (Å²) in [6.45, 7) is 2.65. The number of carbonyl (C=O) groups is 2. The van der Waals surface area contributed by atoms with Crippen LogP contribution in [0.25, 0.3) is 0 Å². The van der Waals surface area contributed by atoms with Crippen molar-refractivity contribution in [3.8, 4) is 0 Å². The summed E-state index contributed by atoms with van der Waals surface area (Å²) in [7, 11) is 0. The molecule has 1 aromatic carbocycles. The topological polar surface area (TPSA) is 58.2 Å². The number of hydrogen-bond acceptors (Lipinski definition) is 2. The Morgan fingerprint density at radius 3 is 3.00 bits per heavy atom. The lowest BCUT2D eigenvalue weighted by Gasteiger charge is -2.24. The second-order valence-electron chi connectivity index (χ2n) is 4.18. The number of carbonyl (C=O) groups excluding carboxylic acids is 2. The molecule has 1 aromatic rings. The van der Waals surface area contributed by atoms with E-state index in [9.17, 15) is 9.59 Å². The minimum absolute atomic E-state index is 0.0610. The molecule has 4 nitrogen and oxygen atoms in total. The first-order valence-electron chi connectivity index (χ1n) is 5.89. The monoisotopic (exact) mass is 232 g/mol. The van der Waals surface area contributed by atoms with Crippen LogP contribution >= 0.6 is 0 Å². The molecule has 1 unspecified atom stereocenters. The van der Waals surface area contributed by atoms with Crippen LogP contribution in [0, 0.1) is 0 Å². The number of amides is 2. The second kappa shape index (κ2) is 4.99. The molecule has 1 aliphatic rings. The Morgan fingerprint density at radius 2 is 2.24 bits per heavy atom. The van der Waals surface area contributed by atoms with Crippen LogP contribution in [-0.2, 0) is 9.59 Å². The quantitative estimate of drug-likeness (QED) is 0.832. The molecule has 2 amide bonds. The zero-order chi connectivity index (χ0) is 12.3. The van der Waals surface area contributed by atoms with Crippen LogP contribution in [0.5, 0.6) is 0 Å². The highest BCUT2D eigenvalue weighted by molar-refractivity contribution is 6.01. The molecule has 0 bridgehead atoms. The normalized spacial score (nSPS) is 18.2. The van der Waals surface area contributed by atoms with Crippen LogP contribution in [-0.4, -0.2) is 18.4 Å². The van der Waals surface area contributed by atoms with E-state index in [1.807, 2.05) is 31.2 Å². The lowest BCUT2D eigenvalue weighted by molar-refractivity contribution is -0.126. The van der Waals surface area contributed by atoms with Gasteiger partial charge in [0, 0.05) is 18.7 Å². The number of fused-ring (bicyclic) bond motifs is 1. The van der Waals surface area contributed by atoms with E-state index in [0.29, 0.717) is 6.54 Å². The Morgan fingerprint density at radius 1 is 1.47 bits per heavy atom. The molecule has 0 saturated heterocycles. The third kappa shape index (κ3) is 2.46. The molecule has 2 rings (SSSR count). The third-order valence-corrected chi connectivity index (χ3v) is 2.87. The molecular formula is C13H16N2O2. The van der Waals surface area contributed by atoms with Crippen molar-refractivity contribution in [2.45, 2.75) is 25.7 Å². The van der Waals surface area contributed by atoms with E-state index in [0.717, 1.165) is 17.7 Å². The number of rotatable bonds is 3. The molecule has 0 radical (unpaired) electrons. The summed E-state index contributed by atoms with van der Waals surface area (Å²) < 4.78 is 0. The average Bonchev–Trinajstić information content (AvgIpc) is 2.34. The lowest BCUT2D eigenvalue weighted by atomic mass is 9.90. The first kappa shape index (κ1) is 11.6. The van der Waals surface area contributed by atoms with Crippen molar-refractivity contribution < 1.29 is 9.59 Å². The average molecular weight is 232 g/mol. The largest absolute Gasteiger partial charge is 0.356 e. The van der Waals surface area contributed by atoms with Crippen molar-refractivity contribution >= 4 is 17.5 Å². The highest BCUT2D eigenvalue weighted by Crippen LogP contribution is 2.31. The van der Waals surface area contributed by atoms with E-state index < -0.39 is 0 Å². The first-order valence-corrected chi connectivity index (χ1v) is 5.89. The molecule has 2 N–H and O–H groups in total. The Hall–Kier alpha value is -1.84. The molecule has 1 atom stereocenters. The van der Waals surface area contributed by atoms with Gasteiger partial charge in [-0.1, -0.05) is 25.1 Å². The van der Waals surface area contributed by atoms with Crippen molar-refractivity contribution in [1.82, 2.24) is 5.32 Å². The van der Waals surface area contributed by atoms with Crippen LogP contribution < -0.4 is 10.6 Å². The Bertz CT molecular complexity index is 443. The maximum absolute atomic E-state index is 12.0. The van der Waals surface area contributed by atoms with Gasteiger partial charge in [0.15, 0.2) is 0 Å². The fraction of sp³-hybridized carbons (Fsp3) is 0.385. The SMILES string of the molecule is CCCNC(=O)C1CC(=O)Nc2ccccc21. The van der Waals surface area contributed by atoms with Crippen LogP contribution in [0.15, 0.2) is 24.3 Å². The summed E-state index contributed by atoms with van der Waals surface area (Å²) >= 11 is 0. The Balaban J connectivity index is 2.23. The smallest absolute Gasteiger partial charge is 0.228 e. The highest BCUT2D eigenvalue weighted by atomic mass is 16.2. The number of nitrogens with one attached hydrogen (secondary N) is 2. The van der Waals surface area contributed by atoms with Crippen LogP contribution in [0.1, 0.15) is 31.2 Å². The summed E-state index contributed by atoms with van der Waals surface area (Å²) in [5.41, 5.74) is 1.65. The van der Waals surface area contributed by atoms with Crippen molar-refractivity contribution in [3.05, 3.63) is 29.8 Å². The molecular weight excluding hydrogens is 216 g/mol. The maximum atomic E-state index is 12.0. The maximum Gasteiger partial charge on any atom is 0.228 e. The molecule has 17 heavy (non-hydrogen) atoms. The van der Waals surface area contributed by atoms with Gasteiger partial charge in [-0.2, -0.15) is 0 Å². The molecule has 4 heteroatoms. The summed E-state index contributed by atoms with van der Waals surface area (Å²) in [5.74, 6) is -0.513. The van der Waals surface area contributed by atoms with Gasteiger partial charge in [-0.25, -0.2) is 0 Å². The lowest BCUT2D eigenvalue weighted by Crippen LogP contribution is -2.35. The molecule has 0 aromatic heterocycles. The van der Waals surface area contributed by atoms with Crippen molar-refractivity contribution in [1.29, 1.82) is 0 Å². The molecule has 0 spiro atoms. The zero-order valence-corrected chi connectivity index (χ0v) is 9.82. The van der Waals surface area contributed by atoms with Gasteiger partial charge >= 0.3 is 0 Å². The van der Waals surface area contributed by atoms with Crippen molar-refractivity contribution in [2.75, 3.05) is 11.9 Å². The second-order valence-corrected chi connectivity index (χ2v) is 4.18. The van der Waals surface area contributed by atoms with Crippen LogP contribution in [0.3, 0.4) is 0 Å². The minimum atomic E-state index is -0.355. The van der Waals surface area contributed by atoms with Gasteiger partial charge in [-0.05, 0) is 18.1 Å². The zero-order valence-electron chi connectivity index (χ0n) is 9.82. The molecule has 1 heterocycles. The van der Waals surface area contributed by atoms with Crippen LogP contribution in [0.2, 0.25) is 0 Å². The van der Waals surface area contributed by atoms with E-state index in [-0.39, 0.29) is 24.2 Å². The molecule has 0 fully saturated rings. The number of anilines is 1. The van der Waals surface area contributed by atoms with E-state index in [1.54, 1.807) is 0 Å². The van der Waals surface area contributed by atoms with Gasteiger partial charge in [-0.15, -0.1) is 0 Å². The third-order valence-electron chi connectivity index (χ3n) is 2.87. The first-order chi connectivity index (χ1) is 8.22. The van der Waals surface area contributed by atoms with E-state index in [4.69, 9.17) is 0 Å². The molecule has 90 valence electrons. The van der Waals surface area contributed by atoms with Gasteiger partial charge in [0.2, 0.25) is 11.8 Å². The number of hydrogen-bond donors (Lipinski definition) is 2. The van der Waals surface area contributed by atoms with E-state index in [1.165, 1.54) is 0 Å². The van der Waals surface area contributed by atoms with E-state index in [2.05, 4.69) is 10.6 Å². The molecule has 0 saturated carbocycles. The van der Waals surface area contributed by atoms with Crippen molar-refractivity contribution in [2.24, 2.45) is 0 Å². The summed E-state index contributed by atoms with van der Waals surface area (Å²) in [5, 5.41) is 5.63. The predicted octanol–water partition coefficient (Wildman–Crippen LogP) is 1.64. The van der Waals surface area contributed by atoms with Gasteiger partial charge in [0.1, 0.15) is 0 Å². The van der Waals surface area contributed by atoms with Gasteiger partial charge in [-0.3, -0.25) is 9.59 Å². The van der Waals surface area contributed by atoms with E-state index >= 15 is 0 Å². The van der Waals surface area contributed by atoms with Crippen LogP contribution in [0.4, 0.5) is 5.69 Å². The molecule has 0 aliphatic carbocycles. The fourth-order valence-electron chi connectivity index (χ4n) is 2.02. The fourth-order valence-corrected chi connectivity index (χ4v) is 2.02. The Kier molecular flexibility index (Phi) is 3.42. The Labute approximate surface area is 100 Å². The summed E-state index contributed by atoms with van der Waals surface area (Å²) in [6, 6.07) is 7.46. The van der Waals surface area contributed by atoms with Gasteiger partial charge < -0.3 is 10.6 Å². The summed E-state index contributed by atoms with van der Waals surface area (Å²) in [6.07, 6.45) is 1.12. The van der Waals surface area contributed by atoms with Crippen molar-refractivity contribution in [3.63, 3.8) is 0 Å². The molecule has 1 aliphatic heterocycles. The number of para-hydroxylation sites is 1. The predicted molar refractivity (Wildman–Crippen MR) is 65.7 cm³/mol. The van der Waals surface area contributed by atoms with Gasteiger partial charge in [0.25, 0.3) is 0 Å². The highest BCUT2D eigenvalue weighted by Gasteiger charge is 2.29. The number of benzene rings is 1. The summed E-state index contributed by atoms with van der Waals surface area (Å²) in [4.78, 5) is 23.5. The minimum Gasteiger partial charge on any atom is -0.356 e. The van der Waals surface area contributed by atoms with Gasteiger partial charge in [0.05, 0.1) is 5.92 Å². The standard InChI is InChI=1S/C13H16N2O2/c1-2-7-14-13(17)10-8-12(16)15-11-6-4-3-5-9(10)11/h3-6,10H,2,7-8H2,1H3,(H,14,17)(H,15,16).